The molecular formula is C40H49ClN10O8. The summed E-state index contributed by atoms with van der Waals surface area (Å²) in [5, 5.41) is 8.68. The number of imide groups is 2. The number of rotatable bonds is 16. The van der Waals surface area contributed by atoms with Crippen molar-refractivity contribution in [1.82, 2.24) is 34.9 Å². The number of carbonyl (C=O) groups excluding carboxylic acids is 5. The number of nitrogens with one attached hydrogen (secondary N) is 3. The highest BCUT2D eigenvalue weighted by Gasteiger charge is 2.44. The molecule has 0 radical (unpaired) electrons. The van der Waals surface area contributed by atoms with Gasteiger partial charge in [0.1, 0.15) is 22.6 Å². The molecule has 5 heterocycles. The molecular weight excluding hydrogens is 784 g/mol. The monoisotopic (exact) mass is 832 g/mol. The third-order valence-corrected chi connectivity index (χ3v) is 11.2. The summed E-state index contributed by atoms with van der Waals surface area (Å²) in [4.78, 5) is 81.8. The molecule has 0 aliphatic carbocycles. The third-order valence-electron chi connectivity index (χ3n) is 11.0. The van der Waals surface area contributed by atoms with E-state index in [1.807, 2.05) is 11.0 Å². The Morgan fingerprint density at radius 1 is 0.864 bits per heavy atom. The summed E-state index contributed by atoms with van der Waals surface area (Å²) in [7, 11) is 3.27. The maximum atomic E-state index is 13.3. The van der Waals surface area contributed by atoms with Crippen LogP contribution in [0.15, 0.2) is 42.6 Å². The van der Waals surface area contributed by atoms with Gasteiger partial charge in [0, 0.05) is 90.2 Å². The van der Waals surface area contributed by atoms with E-state index in [0.29, 0.717) is 73.3 Å². The van der Waals surface area contributed by atoms with E-state index >= 15 is 0 Å². The van der Waals surface area contributed by atoms with Crippen molar-refractivity contribution in [3.8, 4) is 5.75 Å². The zero-order chi connectivity index (χ0) is 41.5. The van der Waals surface area contributed by atoms with Gasteiger partial charge in [0.15, 0.2) is 0 Å². The van der Waals surface area contributed by atoms with Crippen molar-refractivity contribution in [3.05, 3.63) is 64.3 Å². The molecule has 7 rings (SSSR count). The Hall–Kier alpha value is -5.40. The highest BCUT2D eigenvalue weighted by atomic mass is 35.5. The number of anilines is 4. The number of hydrogen-bond acceptors (Lipinski definition) is 15. The molecule has 5 amide bonds. The van der Waals surface area contributed by atoms with Gasteiger partial charge in [-0.1, -0.05) is 11.6 Å². The molecule has 3 saturated heterocycles. The summed E-state index contributed by atoms with van der Waals surface area (Å²) in [5.41, 5.74) is 2.58. The Bertz CT molecular complexity index is 2060. The molecule has 1 aromatic heterocycles. The summed E-state index contributed by atoms with van der Waals surface area (Å²) in [6, 6.07) is 9.51. The molecule has 3 fully saturated rings. The summed E-state index contributed by atoms with van der Waals surface area (Å²) in [5.74, 6) is -0.743. The van der Waals surface area contributed by atoms with Crippen molar-refractivity contribution in [3.63, 3.8) is 0 Å². The number of carbonyl (C=O) groups is 5. The first kappa shape index (κ1) is 41.7. The van der Waals surface area contributed by atoms with Crippen molar-refractivity contribution < 1.29 is 38.2 Å². The lowest BCUT2D eigenvalue weighted by molar-refractivity contribution is -0.136. The molecule has 1 unspecified atom stereocenters. The van der Waals surface area contributed by atoms with Crippen LogP contribution in [-0.2, 0) is 19.1 Å². The van der Waals surface area contributed by atoms with Gasteiger partial charge in [-0.25, -0.2) is 4.98 Å². The van der Waals surface area contributed by atoms with Gasteiger partial charge in [-0.3, -0.25) is 44.0 Å². The molecule has 0 bridgehead atoms. The van der Waals surface area contributed by atoms with Gasteiger partial charge < -0.3 is 34.6 Å². The molecule has 3 aromatic rings. The number of piperidine rings is 1. The van der Waals surface area contributed by atoms with Crippen molar-refractivity contribution in [2.45, 2.75) is 18.9 Å². The molecule has 0 spiro atoms. The number of halogens is 1. The van der Waals surface area contributed by atoms with Crippen LogP contribution in [0.25, 0.3) is 0 Å². The second-order valence-corrected chi connectivity index (χ2v) is 15.0. The van der Waals surface area contributed by atoms with Crippen LogP contribution in [0.5, 0.6) is 5.75 Å². The highest BCUT2D eigenvalue weighted by Crippen LogP contribution is 2.32. The lowest BCUT2D eigenvalue weighted by atomic mass is 10.0. The molecule has 19 heteroatoms. The zero-order valence-corrected chi connectivity index (χ0v) is 34.0. The Kier molecular flexibility index (Phi) is 13.5. The van der Waals surface area contributed by atoms with Crippen LogP contribution in [0.4, 0.5) is 23.1 Å². The minimum atomic E-state index is -0.980. The molecule has 3 N–H and O–H groups in total. The predicted octanol–water partition coefficient (Wildman–Crippen LogP) is 1.94. The zero-order valence-electron chi connectivity index (χ0n) is 33.2. The standard InChI is InChI=1S/C40H49ClN10O8/c1-42-35-30(41)25-43-40(46-35)44-31-6-3-26(23-33(31)57-2)37(54)50-15-11-48(12-16-50)18-20-59-22-21-58-19-17-47-9-13-49(14-10-47)27-4-5-28-29(24-27)39(56)51(38(28)55)32-7-8-34(52)45-36(32)53/h3-6,23-25,32H,7-22H2,1-2H3,(H,45,52,53)(H2,42,43,44,46). The fourth-order valence-corrected chi connectivity index (χ4v) is 7.79. The quantitative estimate of drug-likeness (QED) is 0.140. The smallest absolute Gasteiger partial charge is 0.262 e. The number of ether oxygens (including phenoxy) is 3. The minimum Gasteiger partial charge on any atom is -0.495 e. The Labute approximate surface area is 347 Å². The Morgan fingerprint density at radius 3 is 2.20 bits per heavy atom. The number of hydrogen-bond donors (Lipinski definition) is 3. The van der Waals surface area contributed by atoms with E-state index in [-0.39, 0.29) is 29.9 Å². The van der Waals surface area contributed by atoms with Gasteiger partial charge in [-0.2, -0.15) is 4.98 Å². The van der Waals surface area contributed by atoms with Crippen LogP contribution in [0, 0.1) is 0 Å². The fourth-order valence-electron chi connectivity index (χ4n) is 7.60. The maximum absolute atomic E-state index is 13.3. The molecule has 18 nitrogen and oxygen atoms in total. The third kappa shape index (κ3) is 9.74. The number of piperazine rings is 2. The largest absolute Gasteiger partial charge is 0.495 e. The van der Waals surface area contributed by atoms with E-state index < -0.39 is 29.7 Å². The van der Waals surface area contributed by atoms with Crippen LogP contribution in [0.2, 0.25) is 5.02 Å². The summed E-state index contributed by atoms with van der Waals surface area (Å²) in [6.45, 7) is 9.62. The second kappa shape index (κ2) is 19.1. The molecule has 0 saturated carbocycles. The fraction of sp³-hybridized carbons (Fsp3) is 0.475. The topological polar surface area (TPSA) is 191 Å². The van der Waals surface area contributed by atoms with E-state index in [0.717, 1.165) is 62.9 Å². The van der Waals surface area contributed by atoms with Crippen molar-refractivity contribution >= 4 is 64.3 Å². The predicted molar refractivity (Wildman–Crippen MR) is 219 cm³/mol. The molecule has 4 aliphatic rings. The van der Waals surface area contributed by atoms with Gasteiger partial charge in [0.05, 0.1) is 56.5 Å². The summed E-state index contributed by atoms with van der Waals surface area (Å²) in [6.07, 6.45) is 1.72. The summed E-state index contributed by atoms with van der Waals surface area (Å²) < 4.78 is 17.3. The maximum Gasteiger partial charge on any atom is 0.262 e. The molecule has 4 aliphatic heterocycles. The number of aromatic nitrogens is 2. The second-order valence-electron chi connectivity index (χ2n) is 14.5. The Morgan fingerprint density at radius 2 is 1.54 bits per heavy atom. The minimum absolute atomic E-state index is 0.0536. The van der Waals surface area contributed by atoms with E-state index in [9.17, 15) is 24.0 Å². The van der Waals surface area contributed by atoms with Gasteiger partial charge in [-0.15, -0.1) is 0 Å². The van der Waals surface area contributed by atoms with E-state index in [2.05, 4.69) is 40.6 Å². The van der Waals surface area contributed by atoms with Crippen molar-refractivity contribution in [2.24, 2.45) is 0 Å². The first-order valence-electron chi connectivity index (χ1n) is 19.8. The lowest BCUT2D eigenvalue weighted by Gasteiger charge is -2.36. The lowest BCUT2D eigenvalue weighted by Crippen LogP contribution is -2.54. The number of fused-ring (bicyclic) bond motifs is 1. The van der Waals surface area contributed by atoms with E-state index in [4.69, 9.17) is 25.8 Å². The van der Waals surface area contributed by atoms with E-state index in [1.165, 1.54) is 6.20 Å². The van der Waals surface area contributed by atoms with Crippen LogP contribution in [0.3, 0.4) is 0 Å². The van der Waals surface area contributed by atoms with Crippen LogP contribution in [-0.4, -0.2) is 171 Å². The summed E-state index contributed by atoms with van der Waals surface area (Å²) >= 11 is 6.10. The molecule has 59 heavy (non-hydrogen) atoms. The number of benzene rings is 2. The number of nitrogens with zero attached hydrogens (tertiary/aromatic N) is 7. The van der Waals surface area contributed by atoms with Crippen LogP contribution < -0.4 is 25.6 Å². The number of methoxy groups -OCH3 is 1. The van der Waals surface area contributed by atoms with E-state index in [1.54, 1.807) is 44.5 Å². The highest BCUT2D eigenvalue weighted by molar-refractivity contribution is 6.32. The van der Waals surface area contributed by atoms with Crippen molar-refractivity contribution in [1.29, 1.82) is 0 Å². The molecule has 1 atom stereocenters. The molecule has 314 valence electrons. The normalized spacial score (nSPS) is 18.9. The van der Waals surface area contributed by atoms with Crippen LogP contribution in [0.1, 0.15) is 43.9 Å². The van der Waals surface area contributed by atoms with Gasteiger partial charge in [0.25, 0.3) is 17.7 Å². The Balaban J connectivity index is 0.748. The average molecular weight is 833 g/mol. The van der Waals surface area contributed by atoms with Gasteiger partial charge in [0.2, 0.25) is 17.8 Å². The number of amides is 5. The average Bonchev–Trinajstić information content (AvgIpc) is 3.50. The first-order valence-corrected chi connectivity index (χ1v) is 20.2. The molecule has 2 aromatic carbocycles. The SMILES string of the molecule is CNc1nc(Nc2ccc(C(=O)N3CCN(CCOCCOCCN4CCN(c5ccc6c(c5)C(=O)N(C5CCC(=O)NC5=O)C6=O)CC4)CC3)cc2OC)ncc1Cl. The first-order chi connectivity index (χ1) is 28.6. The van der Waals surface area contributed by atoms with Crippen molar-refractivity contribution in [2.75, 3.05) is 122 Å². The van der Waals surface area contributed by atoms with Gasteiger partial charge in [-0.05, 0) is 42.8 Å². The van der Waals surface area contributed by atoms with Gasteiger partial charge >= 0.3 is 0 Å². The van der Waals surface area contributed by atoms with Crippen LogP contribution >= 0.6 is 11.6 Å².